The Balaban J connectivity index is 2.08. The topological polar surface area (TPSA) is 90.4 Å². The maximum atomic E-state index is 10.8. The molecule has 0 fully saturated rings. The lowest BCUT2D eigenvalue weighted by atomic mass is 10.1. The summed E-state index contributed by atoms with van der Waals surface area (Å²) < 4.78 is 7.52. The maximum Gasteiger partial charge on any atom is 0.270 e. The van der Waals surface area contributed by atoms with Gasteiger partial charge in [-0.15, -0.1) is 0 Å². The normalized spacial score (nSPS) is 12.1. The first-order chi connectivity index (χ1) is 9.99. The Labute approximate surface area is 122 Å². The molecule has 0 unspecified atom stereocenters. The molecule has 0 aliphatic carbocycles. The van der Waals surface area contributed by atoms with E-state index in [9.17, 15) is 15.2 Å². The van der Waals surface area contributed by atoms with Crippen LogP contribution in [0.4, 0.5) is 5.69 Å². The number of nitro groups is 1. The van der Waals surface area contributed by atoms with Crippen molar-refractivity contribution in [2.24, 2.45) is 7.05 Å². The predicted molar refractivity (Wildman–Crippen MR) is 76.1 cm³/mol. The molecule has 0 amide bonds. The Bertz CT molecular complexity index is 637. The van der Waals surface area contributed by atoms with E-state index < -0.39 is 11.0 Å². The molecule has 0 aliphatic heterocycles. The van der Waals surface area contributed by atoms with Crippen molar-refractivity contribution in [3.63, 3.8) is 0 Å². The highest BCUT2D eigenvalue weighted by Gasteiger charge is 2.15. The minimum atomic E-state index is -0.840. The van der Waals surface area contributed by atoms with Crippen LogP contribution in [0.3, 0.4) is 0 Å². The number of aromatic nitrogens is 2. The smallest absolute Gasteiger partial charge is 0.270 e. The fourth-order valence-corrected chi connectivity index (χ4v) is 2.00. The number of aryl methyl sites for hydroxylation is 1. The van der Waals surface area contributed by atoms with Gasteiger partial charge in [-0.2, -0.15) is 0 Å². The fraction of sp³-hybridized carbons (Fsp3) is 0.357. The summed E-state index contributed by atoms with van der Waals surface area (Å²) in [7, 11) is 1.90. The number of hydrogen-bond donors (Lipinski definition) is 1. The molecule has 0 saturated heterocycles. The number of rotatable bonds is 6. The summed E-state index contributed by atoms with van der Waals surface area (Å²) in [6.07, 6.45) is 3.33. The second-order valence-electron chi connectivity index (χ2n) is 4.71. The molecule has 2 aromatic rings. The molecule has 1 N–H and O–H groups in total. The summed E-state index contributed by atoms with van der Waals surface area (Å²) >= 11 is 0. The van der Waals surface area contributed by atoms with Crippen molar-refractivity contribution >= 4 is 5.69 Å². The van der Waals surface area contributed by atoms with Crippen LogP contribution in [0, 0.1) is 10.1 Å². The first-order valence-electron chi connectivity index (χ1n) is 6.54. The Hall–Kier alpha value is -2.41. The SMILES string of the molecule is C[C@@H](O)c1cc([N+](=O)[O-])ccc1OCCc1nccn1C. The molecule has 1 aromatic heterocycles. The van der Waals surface area contributed by atoms with E-state index in [1.165, 1.54) is 18.2 Å². The molecule has 1 aromatic carbocycles. The molecule has 0 radical (unpaired) electrons. The summed E-state index contributed by atoms with van der Waals surface area (Å²) in [5.41, 5.74) is 0.339. The molecule has 1 atom stereocenters. The lowest BCUT2D eigenvalue weighted by Crippen LogP contribution is -2.08. The number of hydrogen-bond acceptors (Lipinski definition) is 5. The van der Waals surface area contributed by atoms with Crippen molar-refractivity contribution in [2.45, 2.75) is 19.4 Å². The zero-order valence-corrected chi connectivity index (χ0v) is 11.9. The molecule has 112 valence electrons. The minimum Gasteiger partial charge on any atom is -0.493 e. The second-order valence-corrected chi connectivity index (χ2v) is 4.71. The largest absolute Gasteiger partial charge is 0.493 e. The summed E-state index contributed by atoms with van der Waals surface area (Å²) in [6.45, 7) is 1.92. The van der Waals surface area contributed by atoms with Crippen LogP contribution in [0.2, 0.25) is 0 Å². The van der Waals surface area contributed by atoms with E-state index in [-0.39, 0.29) is 5.69 Å². The van der Waals surface area contributed by atoms with Crippen LogP contribution in [0.15, 0.2) is 30.6 Å². The van der Waals surface area contributed by atoms with E-state index >= 15 is 0 Å². The Morgan fingerprint density at radius 2 is 2.29 bits per heavy atom. The predicted octanol–water partition coefficient (Wildman–Crippen LogP) is 2.00. The number of non-ortho nitro benzene ring substituents is 1. The van der Waals surface area contributed by atoms with Gasteiger partial charge in [-0.3, -0.25) is 10.1 Å². The van der Waals surface area contributed by atoms with Gasteiger partial charge in [0.15, 0.2) is 0 Å². The van der Waals surface area contributed by atoms with E-state index in [0.29, 0.717) is 24.3 Å². The van der Waals surface area contributed by atoms with Gasteiger partial charge >= 0.3 is 0 Å². The zero-order valence-electron chi connectivity index (χ0n) is 11.9. The molecule has 0 spiro atoms. The average Bonchev–Trinajstić information content (AvgIpc) is 2.84. The van der Waals surface area contributed by atoms with Crippen LogP contribution >= 0.6 is 0 Å². The van der Waals surface area contributed by atoms with Crippen LogP contribution in [-0.2, 0) is 13.5 Å². The number of aliphatic hydroxyl groups is 1. The number of nitrogens with zero attached hydrogens (tertiary/aromatic N) is 3. The Morgan fingerprint density at radius 3 is 2.86 bits per heavy atom. The van der Waals surface area contributed by atoms with E-state index in [1.807, 2.05) is 17.8 Å². The number of aliphatic hydroxyl groups excluding tert-OH is 1. The molecule has 1 heterocycles. The zero-order chi connectivity index (χ0) is 15.4. The summed E-state index contributed by atoms with van der Waals surface area (Å²) in [4.78, 5) is 14.5. The minimum absolute atomic E-state index is 0.0673. The van der Waals surface area contributed by atoms with Crippen molar-refractivity contribution in [1.29, 1.82) is 0 Å². The van der Waals surface area contributed by atoms with E-state index in [4.69, 9.17) is 4.74 Å². The molecule has 0 saturated carbocycles. The average molecular weight is 291 g/mol. The van der Waals surface area contributed by atoms with Gasteiger partial charge in [-0.1, -0.05) is 0 Å². The number of imidazole rings is 1. The van der Waals surface area contributed by atoms with Crippen LogP contribution in [0.25, 0.3) is 0 Å². The highest BCUT2D eigenvalue weighted by Crippen LogP contribution is 2.29. The maximum absolute atomic E-state index is 10.8. The molecule has 21 heavy (non-hydrogen) atoms. The third kappa shape index (κ3) is 3.57. The highest BCUT2D eigenvalue weighted by atomic mass is 16.6. The van der Waals surface area contributed by atoms with Gasteiger partial charge in [0.1, 0.15) is 11.6 Å². The van der Waals surface area contributed by atoms with Crippen molar-refractivity contribution in [1.82, 2.24) is 9.55 Å². The molecule has 7 nitrogen and oxygen atoms in total. The van der Waals surface area contributed by atoms with Gasteiger partial charge in [0, 0.05) is 43.6 Å². The van der Waals surface area contributed by atoms with Crippen molar-refractivity contribution in [3.05, 3.63) is 52.1 Å². The van der Waals surface area contributed by atoms with Gasteiger partial charge in [0.2, 0.25) is 0 Å². The standard InChI is InChI=1S/C14H17N3O4/c1-10(18)12-9-11(17(19)20)3-4-13(12)21-8-5-14-15-6-7-16(14)2/h3-4,6-7,9-10,18H,5,8H2,1-2H3/t10-/m1/s1. The van der Waals surface area contributed by atoms with Crippen LogP contribution in [0.5, 0.6) is 5.75 Å². The van der Waals surface area contributed by atoms with Gasteiger partial charge in [0.05, 0.1) is 17.6 Å². The number of ether oxygens (including phenoxy) is 1. The second kappa shape index (κ2) is 6.36. The monoisotopic (exact) mass is 291 g/mol. The number of benzene rings is 1. The number of nitro benzene ring substituents is 1. The van der Waals surface area contributed by atoms with Gasteiger partial charge < -0.3 is 14.4 Å². The van der Waals surface area contributed by atoms with Crippen LogP contribution in [-0.4, -0.2) is 26.2 Å². The third-order valence-electron chi connectivity index (χ3n) is 3.16. The lowest BCUT2D eigenvalue weighted by molar-refractivity contribution is -0.385. The third-order valence-corrected chi connectivity index (χ3v) is 3.16. The van der Waals surface area contributed by atoms with Crippen molar-refractivity contribution in [3.8, 4) is 5.75 Å². The van der Waals surface area contributed by atoms with Crippen LogP contribution in [0.1, 0.15) is 24.4 Å². The molecular weight excluding hydrogens is 274 g/mol. The Morgan fingerprint density at radius 1 is 1.52 bits per heavy atom. The van der Waals surface area contributed by atoms with E-state index in [1.54, 1.807) is 13.1 Å². The molecule has 7 heteroatoms. The van der Waals surface area contributed by atoms with Crippen molar-refractivity contribution in [2.75, 3.05) is 6.61 Å². The summed E-state index contributed by atoms with van der Waals surface area (Å²) in [5.74, 6) is 1.33. The summed E-state index contributed by atoms with van der Waals surface area (Å²) in [6, 6.07) is 4.21. The van der Waals surface area contributed by atoms with Crippen LogP contribution < -0.4 is 4.74 Å². The summed E-state index contributed by atoms with van der Waals surface area (Å²) in [5, 5.41) is 20.5. The first kappa shape index (κ1) is 15.0. The van der Waals surface area contributed by atoms with Crippen molar-refractivity contribution < 1.29 is 14.8 Å². The van der Waals surface area contributed by atoms with Gasteiger partial charge in [0.25, 0.3) is 5.69 Å². The molecule has 2 rings (SSSR count). The van der Waals surface area contributed by atoms with E-state index in [0.717, 1.165) is 5.82 Å². The molecule has 0 bridgehead atoms. The fourth-order valence-electron chi connectivity index (χ4n) is 2.00. The highest BCUT2D eigenvalue weighted by molar-refractivity contribution is 5.44. The molecular formula is C14H17N3O4. The van der Waals surface area contributed by atoms with Gasteiger partial charge in [-0.25, -0.2) is 4.98 Å². The van der Waals surface area contributed by atoms with Gasteiger partial charge in [-0.05, 0) is 13.0 Å². The quantitative estimate of drug-likeness (QED) is 0.649. The lowest BCUT2D eigenvalue weighted by Gasteiger charge is -2.13. The molecule has 0 aliphatic rings. The van der Waals surface area contributed by atoms with E-state index in [2.05, 4.69) is 4.98 Å². The first-order valence-corrected chi connectivity index (χ1v) is 6.54. The Kier molecular flexibility index (Phi) is 4.54.